The van der Waals surface area contributed by atoms with Gasteiger partial charge < -0.3 is 14.8 Å². The minimum atomic E-state index is -0.704. The van der Waals surface area contributed by atoms with E-state index in [1.165, 1.54) is 6.21 Å². The molecular weight excluding hydrogens is 465 g/mol. The zero-order chi connectivity index (χ0) is 23.5. The third-order valence-corrected chi connectivity index (χ3v) is 4.72. The van der Waals surface area contributed by atoms with Gasteiger partial charge in [0.1, 0.15) is 25.5 Å². The van der Waals surface area contributed by atoms with Gasteiger partial charge in [-0.3, -0.25) is 4.79 Å². The number of hydrazone groups is 1. The number of hydrogen-bond donors (Lipinski definition) is 2. The second-order valence-electron chi connectivity index (χ2n) is 6.81. The Morgan fingerprint density at radius 1 is 0.879 bits per heavy atom. The molecule has 0 radical (unpaired) electrons. The van der Waals surface area contributed by atoms with E-state index in [2.05, 4.69) is 15.8 Å². The third-order valence-electron chi connectivity index (χ3n) is 4.25. The molecule has 2 N–H and O–H groups in total. The van der Waals surface area contributed by atoms with Crippen LogP contribution in [-0.2, 0) is 22.7 Å². The summed E-state index contributed by atoms with van der Waals surface area (Å²) in [6.07, 6.45) is 0.703. The Morgan fingerprint density at radius 2 is 1.64 bits per heavy atom. The molecule has 0 atom stereocenters. The van der Waals surface area contributed by atoms with Crippen LogP contribution in [0.4, 0.5) is 4.79 Å². The second-order valence-corrected chi connectivity index (χ2v) is 7.68. The van der Waals surface area contributed by atoms with Gasteiger partial charge in [-0.15, -0.1) is 0 Å². The number of amides is 2. The van der Waals surface area contributed by atoms with Gasteiger partial charge in [-0.2, -0.15) is 5.10 Å². The first-order valence-corrected chi connectivity index (χ1v) is 10.7. The predicted octanol–water partition coefficient (Wildman–Crippen LogP) is 4.95. The van der Waals surface area contributed by atoms with Gasteiger partial charge >= 0.3 is 6.09 Å². The molecular formula is C24H21Cl2N3O4. The van der Waals surface area contributed by atoms with Crippen LogP contribution in [-0.4, -0.2) is 24.8 Å². The van der Waals surface area contributed by atoms with E-state index in [1.807, 2.05) is 48.5 Å². The van der Waals surface area contributed by atoms with Gasteiger partial charge in [0.05, 0.1) is 6.21 Å². The minimum absolute atomic E-state index is 0.110. The quantitative estimate of drug-likeness (QED) is 0.331. The number of nitrogens with zero attached hydrogens (tertiary/aromatic N) is 1. The number of rotatable bonds is 9. The van der Waals surface area contributed by atoms with Gasteiger partial charge in [0.2, 0.25) is 0 Å². The van der Waals surface area contributed by atoms with Gasteiger partial charge in [0.25, 0.3) is 5.91 Å². The van der Waals surface area contributed by atoms with Crippen molar-refractivity contribution in [2.75, 3.05) is 6.54 Å². The Morgan fingerprint density at radius 3 is 2.42 bits per heavy atom. The lowest BCUT2D eigenvalue weighted by atomic mass is 10.2. The van der Waals surface area contributed by atoms with Crippen molar-refractivity contribution in [2.45, 2.75) is 13.2 Å². The predicted molar refractivity (Wildman–Crippen MR) is 128 cm³/mol. The highest BCUT2D eigenvalue weighted by molar-refractivity contribution is 6.31. The summed E-state index contributed by atoms with van der Waals surface area (Å²) in [5, 5.41) is 7.38. The molecule has 0 aliphatic carbocycles. The van der Waals surface area contributed by atoms with Crippen molar-refractivity contribution in [1.82, 2.24) is 10.7 Å². The van der Waals surface area contributed by atoms with Crippen LogP contribution in [0, 0.1) is 0 Å². The standard InChI is InChI=1S/C24H21Cl2N3O4/c25-20-8-4-7-18(11-20)16-32-22-10-9-21(26)12-19(22)13-28-29-23(30)14-27-24(31)33-15-17-5-2-1-3-6-17/h1-13H,14-16H2,(H,27,31)(H,29,30)/b28-13-. The van der Waals surface area contributed by atoms with Crippen LogP contribution in [0.2, 0.25) is 10.0 Å². The van der Waals surface area contributed by atoms with E-state index < -0.39 is 12.0 Å². The number of hydrogen-bond acceptors (Lipinski definition) is 5. The van der Waals surface area contributed by atoms with Crippen LogP contribution in [0.3, 0.4) is 0 Å². The summed E-state index contributed by atoms with van der Waals surface area (Å²) in [6.45, 7) is 0.113. The SMILES string of the molecule is O=C(CNC(=O)OCc1ccccc1)N/N=C\c1cc(Cl)ccc1OCc1cccc(Cl)c1. The third kappa shape index (κ3) is 8.48. The molecule has 0 bridgehead atoms. The molecule has 0 aliphatic heterocycles. The number of carbonyl (C=O) groups excluding carboxylic acids is 2. The lowest BCUT2D eigenvalue weighted by molar-refractivity contribution is -0.120. The zero-order valence-electron chi connectivity index (χ0n) is 17.5. The monoisotopic (exact) mass is 485 g/mol. The summed E-state index contributed by atoms with van der Waals surface area (Å²) in [6, 6.07) is 21.6. The summed E-state index contributed by atoms with van der Waals surface area (Å²) in [5.41, 5.74) is 4.65. The smallest absolute Gasteiger partial charge is 0.407 e. The van der Waals surface area contributed by atoms with Gasteiger partial charge in [-0.1, -0.05) is 65.7 Å². The van der Waals surface area contributed by atoms with Crippen LogP contribution in [0.5, 0.6) is 5.75 Å². The number of nitrogens with one attached hydrogen (secondary N) is 2. The van der Waals surface area contributed by atoms with E-state index in [0.717, 1.165) is 11.1 Å². The maximum absolute atomic E-state index is 11.9. The molecule has 3 aromatic rings. The number of carbonyl (C=O) groups is 2. The van der Waals surface area contributed by atoms with Crippen molar-refractivity contribution < 1.29 is 19.1 Å². The zero-order valence-corrected chi connectivity index (χ0v) is 19.0. The maximum atomic E-state index is 11.9. The van der Waals surface area contributed by atoms with Gasteiger partial charge in [-0.25, -0.2) is 10.2 Å². The number of benzene rings is 3. The number of alkyl carbamates (subject to hydrolysis) is 1. The molecule has 3 rings (SSSR count). The van der Waals surface area contributed by atoms with Gasteiger partial charge in [-0.05, 0) is 41.5 Å². The lowest BCUT2D eigenvalue weighted by Crippen LogP contribution is -2.35. The Hall–Kier alpha value is -3.55. The van der Waals surface area contributed by atoms with Crippen molar-refractivity contribution >= 4 is 41.4 Å². The Balaban J connectivity index is 1.47. The summed E-state index contributed by atoms with van der Waals surface area (Å²) < 4.78 is 10.9. The fourth-order valence-electron chi connectivity index (χ4n) is 2.68. The van der Waals surface area contributed by atoms with E-state index >= 15 is 0 Å². The Kier molecular flexibility index (Phi) is 9.11. The average molecular weight is 486 g/mol. The van der Waals surface area contributed by atoms with Crippen LogP contribution >= 0.6 is 23.2 Å². The van der Waals surface area contributed by atoms with Crippen LogP contribution < -0.4 is 15.5 Å². The minimum Gasteiger partial charge on any atom is -0.488 e. The fourth-order valence-corrected chi connectivity index (χ4v) is 3.07. The van der Waals surface area contributed by atoms with E-state index in [9.17, 15) is 9.59 Å². The normalized spacial score (nSPS) is 10.6. The Bertz CT molecular complexity index is 1120. The molecule has 7 nitrogen and oxygen atoms in total. The highest BCUT2D eigenvalue weighted by Gasteiger charge is 2.07. The fraction of sp³-hybridized carbons (Fsp3) is 0.125. The maximum Gasteiger partial charge on any atom is 0.407 e. The van der Waals surface area contributed by atoms with Crippen LogP contribution in [0.1, 0.15) is 16.7 Å². The topological polar surface area (TPSA) is 89.0 Å². The van der Waals surface area contributed by atoms with Crippen molar-refractivity contribution in [1.29, 1.82) is 0 Å². The molecule has 0 saturated carbocycles. The molecule has 0 saturated heterocycles. The second kappa shape index (κ2) is 12.5. The molecule has 3 aromatic carbocycles. The molecule has 0 aliphatic rings. The molecule has 0 heterocycles. The molecule has 170 valence electrons. The molecule has 0 spiro atoms. The summed E-state index contributed by atoms with van der Waals surface area (Å²) in [4.78, 5) is 23.7. The first-order chi connectivity index (χ1) is 16.0. The van der Waals surface area contributed by atoms with E-state index in [-0.39, 0.29) is 13.2 Å². The largest absolute Gasteiger partial charge is 0.488 e. The molecule has 0 fully saturated rings. The molecule has 9 heteroatoms. The summed E-state index contributed by atoms with van der Waals surface area (Å²) in [7, 11) is 0. The Labute approximate surface area is 201 Å². The number of halogens is 2. The number of ether oxygens (including phenoxy) is 2. The molecule has 0 aromatic heterocycles. The first kappa shape index (κ1) is 24.1. The highest BCUT2D eigenvalue weighted by Crippen LogP contribution is 2.23. The first-order valence-electron chi connectivity index (χ1n) is 9.93. The van der Waals surface area contributed by atoms with Crippen molar-refractivity contribution in [3.63, 3.8) is 0 Å². The van der Waals surface area contributed by atoms with E-state index in [1.54, 1.807) is 24.3 Å². The van der Waals surface area contributed by atoms with Crippen molar-refractivity contribution in [3.05, 3.63) is 99.5 Å². The van der Waals surface area contributed by atoms with Gasteiger partial charge in [0.15, 0.2) is 0 Å². The van der Waals surface area contributed by atoms with Crippen molar-refractivity contribution in [2.24, 2.45) is 5.10 Å². The molecule has 33 heavy (non-hydrogen) atoms. The average Bonchev–Trinajstić information content (AvgIpc) is 2.81. The van der Waals surface area contributed by atoms with Crippen LogP contribution in [0.15, 0.2) is 77.9 Å². The highest BCUT2D eigenvalue weighted by atomic mass is 35.5. The molecule has 2 amide bonds. The lowest BCUT2D eigenvalue weighted by Gasteiger charge is -2.10. The van der Waals surface area contributed by atoms with Crippen LogP contribution in [0.25, 0.3) is 0 Å². The summed E-state index contributed by atoms with van der Waals surface area (Å²) in [5.74, 6) is 0.00586. The molecule has 0 unspecified atom stereocenters. The van der Waals surface area contributed by atoms with Gasteiger partial charge in [0, 0.05) is 15.6 Å². The van der Waals surface area contributed by atoms with E-state index in [4.69, 9.17) is 32.7 Å². The summed E-state index contributed by atoms with van der Waals surface area (Å²) >= 11 is 12.1. The van der Waals surface area contributed by atoms with E-state index in [0.29, 0.717) is 28.0 Å². The van der Waals surface area contributed by atoms with Crippen molar-refractivity contribution in [3.8, 4) is 5.75 Å².